The van der Waals surface area contributed by atoms with Crippen LogP contribution in [0, 0.1) is 5.82 Å². The maximum Gasteiger partial charge on any atom is 0.340 e. The lowest BCUT2D eigenvalue weighted by molar-refractivity contribution is -0.117. The molecule has 0 unspecified atom stereocenters. The predicted octanol–water partition coefficient (Wildman–Crippen LogP) is 4.52. The molecule has 1 aliphatic heterocycles. The molecule has 2 aromatic rings. The lowest BCUT2D eigenvalue weighted by atomic mass is 9.83. The summed E-state index contributed by atoms with van der Waals surface area (Å²) in [5.74, 6) is -1.66. The second kappa shape index (κ2) is 7.16. The number of hydrogen-bond donors (Lipinski definition) is 0. The second-order valence-corrected chi connectivity index (χ2v) is 7.30. The zero-order chi connectivity index (χ0) is 19.8. The molecular weight excluding hydrogens is 369 g/mol. The molecule has 140 valence electrons. The summed E-state index contributed by atoms with van der Waals surface area (Å²) >= 11 is 5.84. The van der Waals surface area contributed by atoms with Crippen LogP contribution in [0.3, 0.4) is 0 Å². The molecule has 2 aromatic carbocycles. The molecule has 0 aromatic heterocycles. The summed E-state index contributed by atoms with van der Waals surface area (Å²) in [6.07, 6.45) is 1.50. The van der Waals surface area contributed by atoms with E-state index in [-0.39, 0.29) is 21.8 Å². The molecule has 0 fully saturated rings. The monoisotopic (exact) mass is 387 g/mol. The van der Waals surface area contributed by atoms with Gasteiger partial charge in [-0.2, -0.15) is 0 Å². The summed E-state index contributed by atoms with van der Waals surface area (Å²) in [7, 11) is 1.90. The highest BCUT2D eigenvalue weighted by Gasteiger charge is 2.38. The highest BCUT2D eigenvalue weighted by molar-refractivity contribution is 6.33. The molecule has 1 aliphatic rings. The Morgan fingerprint density at radius 3 is 2.59 bits per heavy atom. The van der Waals surface area contributed by atoms with Crippen LogP contribution in [0.5, 0.6) is 0 Å². The van der Waals surface area contributed by atoms with Gasteiger partial charge in [0.15, 0.2) is 12.4 Å². The van der Waals surface area contributed by atoms with E-state index in [0.717, 1.165) is 29.1 Å². The molecule has 0 spiro atoms. The third kappa shape index (κ3) is 3.60. The first-order chi connectivity index (χ1) is 12.7. The maximum absolute atomic E-state index is 13.1. The van der Waals surface area contributed by atoms with Crippen molar-refractivity contribution in [3.05, 3.63) is 76.2 Å². The molecule has 0 saturated carbocycles. The number of para-hydroxylation sites is 1. The van der Waals surface area contributed by atoms with Gasteiger partial charge in [0.1, 0.15) is 5.82 Å². The Kier molecular flexibility index (Phi) is 5.07. The van der Waals surface area contributed by atoms with E-state index in [9.17, 15) is 14.0 Å². The van der Waals surface area contributed by atoms with Gasteiger partial charge >= 0.3 is 5.97 Å². The van der Waals surface area contributed by atoms with Gasteiger partial charge in [-0.3, -0.25) is 4.79 Å². The number of esters is 1. The number of carbonyl (C=O) groups excluding carboxylic acids is 2. The normalized spacial score (nSPS) is 16.3. The van der Waals surface area contributed by atoms with Crippen molar-refractivity contribution < 1.29 is 18.7 Å². The van der Waals surface area contributed by atoms with Crippen LogP contribution in [-0.4, -0.2) is 25.4 Å². The lowest BCUT2D eigenvalue weighted by Crippen LogP contribution is -2.25. The minimum absolute atomic E-state index is 0.0178. The summed E-state index contributed by atoms with van der Waals surface area (Å²) in [5.41, 5.74) is 2.66. The number of carbonyl (C=O) groups is 2. The molecule has 0 aliphatic carbocycles. The fraction of sp³-hybridized carbons (Fsp3) is 0.238. The van der Waals surface area contributed by atoms with Crippen molar-refractivity contribution in [3.8, 4) is 0 Å². The highest BCUT2D eigenvalue weighted by atomic mass is 35.5. The summed E-state index contributed by atoms with van der Waals surface area (Å²) in [6, 6.07) is 11.3. The Morgan fingerprint density at radius 1 is 1.22 bits per heavy atom. The number of hydrogen-bond acceptors (Lipinski definition) is 4. The highest BCUT2D eigenvalue weighted by Crippen LogP contribution is 2.46. The van der Waals surface area contributed by atoms with Gasteiger partial charge in [-0.25, -0.2) is 9.18 Å². The van der Waals surface area contributed by atoms with Crippen molar-refractivity contribution in [2.24, 2.45) is 0 Å². The van der Waals surface area contributed by atoms with Crippen molar-refractivity contribution in [2.75, 3.05) is 18.6 Å². The van der Waals surface area contributed by atoms with E-state index in [1.807, 2.05) is 50.1 Å². The molecule has 3 rings (SSSR count). The van der Waals surface area contributed by atoms with Crippen LogP contribution in [0.4, 0.5) is 10.1 Å². The summed E-state index contributed by atoms with van der Waals surface area (Å²) < 4.78 is 18.1. The molecule has 1 heterocycles. The molecular formula is C21H19ClFNO3. The average Bonchev–Trinajstić information content (AvgIpc) is 2.81. The predicted molar refractivity (Wildman–Crippen MR) is 103 cm³/mol. The fourth-order valence-electron chi connectivity index (χ4n) is 3.32. The molecule has 0 bridgehead atoms. The van der Waals surface area contributed by atoms with E-state index in [0.29, 0.717) is 0 Å². The third-order valence-corrected chi connectivity index (χ3v) is 5.05. The SMILES string of the molecule is CN1/C(=C\C(=O)COC(=O)c2ccc(F)cc2Cl)C(C)(C)c2ccccc21. The Hall–Kier alpha value is -2.66. The Balaban J connectivity index is 1.73. The molecule has 0 atom stereocenters. The number of ether oxygens (including phenoxy) is 1. The number of ketones is 1. The molecule has 6 heteroatoms. The van der Waals surface area contributed by atoms with Crippen LogP contribution in [0.25, 0.3) is 0 Å². The van der Waals surface area contributed by atoms with Gasteiger partial charge in [0.2, 0.25) is 0 Å². The van der Waals surface area contributed by atoms with Gasteiger partial charge in [-0.15, -0.1) is 0 Å². The molecule has 0 saturated heterocycles. The van der Waals surface area contributed by atoms with E-state index < -0.39 is 18.4 Å². The first-order valence-corrected chi connectivity index (χ1v) is 8.80. The van der Waals surface area contributed by atoms with Crippen molar-refractivity contribution in [1.82, 2.24) is 0 Å². The van der Waals surface area contributed by atoms with E-state index in [1.54, 1.807) is 0 Å². The van der Waals surface area contributed by atoms with Gasteiger partial charge in [-0.05, 0) is 29.8 Å². The van der Waals surface area contributed by atoms with Crippen LogP contribution in [0.2, 0.25) is 5.02 Å². The van der Waals surface area contributed by atoms with Crippen molar-refractivity contribution in [1.29, 1.82) is 0 Å². The van der Waals surface area contributed by atoms with Crippen LogP contribution < -0.4 is 4.90 Å². The number of nitrogens with zero attached hydrogens (tertiary/aromatic N) is 1. The van der Waals surface area contributed by atoms with E-state index >= 15 is 0 Å². The lowest BCUT2D eigenvalue weighted by Gasteiger charge is -2.23. The summed E-state index contributed by atoms with van der Waals surface area (Å²) in [4.78, 5) is 26.4. The van der Waals surface area contributed by atoms with Crippen molar-refractivity contribution in [3.63, 3.8) is 0 Å². The van der Waals surface area contributed by atoms with E-state index in [4.69, 9.17) is 16.3 Å². The fourth-order valence-corrected chi connectivity index (χ4v) is 3.57. The van der Waals surface area contributed by atoms with Crippen LogP contribution >= 0.6 is 11.6 Å². The summed E-state index contributed by atoms with van der Waals surface area (Å²) in [6.45, 7) is 3.66. The first-order valence-electron chi connectivity index (χ1n) is 8.42. The summed E-state index contributed by atoms with van der Waals surface area (Å²) in [5, 5.41) is -0.0575. The van der Waals surface area contributed by atoms with Crippen LogP contribution in [-0.2, 0) is 14.9 Å². The Bertz CT molecular complexity index is 952. The van der Waals surface area contributed by atoms with Gasteiger partial charge in [0, 0.05) is 29.9 Å². The van der Waals surface area contributed by atoms with E-state index in [1.165, 1.54) is 12.1 Å². The maximum atomic E-state index is 13.1. The van der Waals surface area contributed by atoms with E-state index in [2.05, 4.69) is 0 Å². The Labute approximate surface area is 162 Å². The molecule has 4 nitrogen and oxygen atoms in total. The van der Waals surface area contributed by atoms with Gasteiger partial charge in [0.05, 0.1) is 10.6 Å². The largest absolute Gasteiger partial charge is 0.454 e. The quantitative estimate of drug-likeness (QED) is 0.571. The van der Waals surface area contributed by atoms with Crippen molar-refractivity contribution in [2.45, 2.75) is 19.3 Å². The number of fused-ring (bicyclic) bond motifs is 1. The minimum Gasteiger partial charge on any atom is -0.454 e. The molecule has 0 radical (unpaired) electrons. The topological polar surface area (TPSA) is 46.6 Å². The number of likely N-dealkylation sites (N-methyl/N-ethyl adjacent to an activating group) is 1. The number of rotatable bonds is 4. The second-order valence-electron chi connectivity index (χ2n) is 6.90. The number of anilines is 1. The average molecular weight is 388 g/mol. The number of allylic oxidation sites excluding steroid dienone is 1. The molecule has 0 N–H and O–H groups in total. The van der Waals surface area contributed by atoms with Gasteiger partial charge in [-0.1, -0.05) is 43.6 Å². The number of benzene rings is 2. The molecule has 0 amide bonds. The van der Waals surface area contributed by atoms with Crippen molar-refractivity contribution >= 4 is 29.0 Å². The molecule has 27 heavy (non-hydrogen) atoms. The number of halogens is 2. The third-order valence-electron chi connectivity index (χ3n) is 4.73. The smallest absolute Gasteiger partial charge is 0.340 e. The Morgan fingerprint density at radius 2 is 1.93 bits per heavy atom. The van der Waals surface area contributed by atoms with Crippen LogP contribution in [0.1, 0.15) is 29.8 Å². The first kappa shape index (κ1) is 19.1. The minimum atomic E-state index is -0.769. The standard InChI is InChI=1S/C21H19ClFNO3/c1-21(2)16-6-4-5-7-18(16)24(3)19(21)11-14(25)12-27-20(26)15-9-8-13(23)10-17(15)22/h4-11H,12H2,1-3H3/b19-11-. The zero-order valence-corrected chi connectivity index (χ0v) is 16.0. The van der Waals surface area contributed by atoms with Gasteiger partial charge < -0.3 is 9.64 Å². The van der Waals surface area contributed by atoms with Gasteiger partial charge in [0.25, 0.3) is 0 Å². The zero-order valence-electron chi connectivity index (χ0n) is 15.3. The van der Waals surface area contributed by atoms with Crippen LogP contribution in [0.15, 0.2) is 54.2 Å².